The lowest BCUT2D eigenvalue weighted by molar-refractivity contribution is 0.297. The lowest BCUT2D eigenvalue weighted by Crippen LogP contribution is -2.13. The van der Waals surface area contributed by atoms with E-state index in [9.17, 15) is 0 Å². The Bertz CT molecular complexity index is 88.7. The maximum absolute atomic E-state index is 5.66. The average molecular weight is 160 g/mol. The van der Waals surface area contributed by atoms with E-state index in [1.54, 1.807) is 0 Å². The van der Waals surface area contributed by atoms with Crippen LogP contribution in [0.4, 0.5) is 0 Å². The summed E-state index contributed by atoms with van der Waals surface area (Å²) < 4.78 is 0. The monoisotopic (exact) mass is 159 g/mol. The SMILES string of the molecule is [CH2]C1CCCC(CCCl)C1. The van der Waals surface area contributed by atoms with E-state index in [0.29, 0.717) is 5.92 Å². The minimum absolute atomic E-state index is 0.710. The molecule has 0 bridgehead atoms. The molecular formula is C9H16Cl. The molecule has 59 valence electrons. The molecule has 1 fully saturated rings. The highest BCUT2D eigenvalue weighted by Gasteiger charge is 2.17. The Hall–Kier alpha value is 0.290. The summed E-state index contributed by atoms with van der Waals surface area (Å²) in [6.07, 6.45) is 6.60. The van der Waals surface area contributed by atoms with Crippen molar-refractivity contribution >= 4 is 11.6 Å². The Labute approximate surface area is 69.0 Å². The van der Waals surface area contributed by atoms with E-state index in [2.05, 4.69) is 6.92 Å². The summed E-state index contributed by atoms with van der Waals surface area (Å²) in [6, 6.07) is 0. The third-order valence-electron chi connectivity index (χ3n) is 2.41. The van der Waals surface area contributed by atoms with E-state index in [1.807, 2.05) is 0 Å². The highest BCUT2D eigenvalue weighted by molar-refractivity contribution is 6.17. The van der Waals surface area contributed by atoms with Crippen LogP contribution < -0.4 is 0 Å². The van der Waals surface area contributed by atoms with Gasteiger partial charge in [-0.1, -0.05) is 26.2 Å². The van der Waals surface area contributed by atoms with Gasteiger partial charge in [0.2, 0.25) is 0 Å². The van der Waals surface area contributed by atoms with Crippen LogP contribution in [0, 0.1) is 18.8 Å². The topological polar surface area (TPSA) is 0 Å². The Balaban J connectivity index is 2.18. The normalized spacial score (nSPS) is 34.2. The second-order valence-corrected chi connectivity index (χ2v) is 3.75. The van der Waals surface area contributed by atoms with Crippen molar-refractivity contribution in [3.63, 3.8) is 0 Å². The molecule has 2 atom stereocenters. The minimum atomic E-state index is 0.710. The maximum Gasteiger partial charge on any atom is 0.0226 e. The van der Waals surface area contributed by atoms with Crippen LogP contribution >= 0.6 is 11.6 Å². The van der Waals surface area contributed by atoms with Crippen LogP contribution in [0.15, 0.2) is 0 Å². The number of alkyl halides is 1. The third kappa shape index (κ3) is 2.49. The van der Waals surface area contributed by atoms with E-state index in [1.165, 1.54) is 32.1 Å². The van der Waals surface area contributed by atoms with Crippen molar-refractivity contribution in [3.05, 3.63) is 6.92 Å². The van der Waals surface area contributed by atoms with Crippen molar-refractivity contribution in [1.82, 2.24) is 0 Å². The first-order chi connectivity index (χ1) is 4.83. The highest BCUT2D eigenvalue weighted by atomic mass is 35.5. The van der Waals surface area contributed by atoms with E-state index in [0.717, 1.165) is 11.8 Å². The largest absolute Gasteiger partial charge is 0.127 e. The number of hydrogen-bond acceptors (Lipinski definition) is 0. The van der Waals surface area contributed by atoms with E-state index in [-0.39, 0.29) is 0 Å². The number of hydrogen-bond donors (Lipinski definition) is 0. The van der Waals surface area contributed by atoms with Crippen LogP contribution in [0.3, 0.4) is 0 Å². The summed E-state index contributed by atoms with van der Waals surface area (Å²) in [6.45, 7) is 4.09. The maximum atomic E-state index is 5.66. The fourth-order valence-corrected chi connectivity index (χ4v) is 2.13. The molecule has 1 aliphatic carbocycles. The fraction of sp³-hybridized carbons (Fsp3) is 0.889. The summed E-state index contributed by atoms with van der Waals surface area (Å²) in [5.74, 6) is 2.42. The molecule has 10 heavy (non-hydrogen) atoms. The Morgan fingerprint density at radius 1 is 1.40 bits per heavy atom. The zero-order valence-electron chi connectivity index (χ0n) is 6.48. The van der Waals surface area contributed by atoms with Crippen LogP contribution in [-0.2, 0) is 0 Å². The molecular weight excluding hydrogens is 144 g/mol. The van der Waals surface area contributed by atoms with Crippen LogP contribution in [0.1, 0.15) is 32.1 Å². The lowest BCUT2D eigenvalue weighted by atomic mass is 9.81. The van der Waals surface area contributed by atoms with Gasteiger partial charge >= 0.3 is 0 Å². The fourth-order valence-electron chi connectivity index (χ4n) is 1.82. The van der Waals surface area contributed by atoms with Gasteiger partial charge in [-0.3, -0.25) is 0 Å². The van der Waals surface area contributed by atoms with Crippen LogP contribution in [-0.4, -0.2) is 5.88 Å². The first kappa shape index (κ1) is 8.39. The number of rotatable bonds is 2. The molecule has 0 N–H and O–H groups in total. The Morgan fingerprint density at radius 2 is 2.20 bits per heavy atom. The molecule has 0 nitrogen and oxygen atoms in total. The molecule has 0 saturated heterocycles. The van der Waals surface area contributed by atoms with Gasteiger partial charge in [0.1, 0.15) is 0 Å². The van der Waals surface area contributed by atoms with Gasteiger partial charge in [-0.25, -0.2) is 0 Å². The zero-order chi connectivity index (χ0) is 7.40. The summed E-state index contributed by atoms with van der Waals surface area (Å²) >= 11 is 5.66. The van der Waals surface area contributed by atoms with Gasteiger partial charge in [-0.05, 0) is 24.7 Å². The molecule has 1 radical (unpaired) electrons. The Kier molecular flexibility index (Phi) is 3.55. The summed E-state index contributed by atoms with van der Waals surface area (Å²) in [5, 5.41) is 0. The van der Waals surface area contributed by atoms with E-state index >= 15 is 0 Å². The summed E-state index contributed by atoms with van der Waals surface area (Å²) in [5.41, 5.74) is 0. The molecule has 1 aliphatic rings. The molecule has 1 saturated carbocycles. The van der Waals surface area contributed by atoms with Gasteiger partial charge in [0.05, 0.1) is 0 Å². The summed E-state index contributed by atoms with van der Waals surface area (Å²) in [4.78, 5) is 0. The standard InChI is InChI=1S/C9H16Cl/c1-8-3-2-4-9(7-8)5-6-10/h8-9H,1-7H2. The predicted octanol–water partition coefficient (Wildman–Crippen LogP) is 3.26. The van der Waals surface area contributed by atoms with Gasteiger partial charge in [-0.15, -0.1) is 11.6 Å². The second-order valence-electron chi connectivity index (χ2n) is 3.38. The zero-order valence-corrected chi connectivity index (χ0v) is 7.24. The predicted molar refractivity (Wildman–Crippen MR) is 46.1 cm³/mol. The molecule has 0 aliphatic heterocycles. The molecule has 0 heterocycles. The average Bonchev–Trinajstić information content (AvgIpc) is 1.88. The van der Waals surface area contributed by atoms with Crippen molar-refractivity contribution in [2.75, 3.05) is 5.88 Å². The van der Waals surface area contributed by atoms with Crippen molar-refractivity contribution in [2.45, 2.75) is 32.1 Å². The molecule has 0 aromatic carbocycles. The molecule has 0 aromatic rings. The van der Waals surface area contributed by atoms with Gasteiger partial charge in [-0.2, -0.15) is 0 Å². The van der Waals surface area contributed by atoms with Crippen LogP contribution in [0.25, 0.3) is 0 Å². The summed E-state index contributed by atoms with van der Waals surface area (Å²) in [7, 11) is 0. The molecule has 0 amide bonds. The lowest BCUT2D eigenvalue weighted by Gasteiger charge is -2.25. The van der Waals surface area contributed by atoms with Gasteiger partial charge in [0, 0.05) is 5.88 Å². The van der Waals surface area contributed by atoms with Gasteiger partial charge in [0.25, 0.3) is 0 Å². The molecule has 0 spiro atoms. The van der Waals surface area contributed by atoms with Crippen LogP contribution in [0.2, 0.25) is 0 Å². The second kappa shape index (κ2) is 4.23. The van der Waals surface area contributed by atoms with E-state index < -0.39 is 0 Å². The molecule has 0 aromatic heterocycles. The van der Waals surface area contributed by atoms with Crippen molar-refractivity contribution in [2.24, 2.45) is 11.8 Å². The molecule has 1 rings (SSSR count). The first-order valence-electron chi connectivity index (χ1n) is 4.22. The smallest absolute Gasteiger partial charge is 0.0226 e. The highest BCUT2D eigenvalue weighted by Crippen LogP contribution is 2.30. The molecule has 1 heteroatoms. The van der Waals surface area contributed by atoms with Gasteiger partial charge in [0.15, 0.2) is 0 Å². The number of halogens is 1. The van der Waals surface area contributed by atoms with Crippen molar-refractivity contribution in [1.29, 1.82) is 0 Å². The first-order valence-corrected chi connectivity index (χ1v) is 4.75. The van der Waals surface area contributed by atoms with Crippen molar-refractivity contribution in [3.8, 4) is 0 Å². The van der Waals surface area contributed by atoms with E-state index in [4.69, 9.17) is 11.6 Å². The van der Waals surface area contributed by atoms with Crippen molar-refractivity contribution < 1.29 is 0 Å². The third-order valence-corrected chi connectivity index (χ3v) is 2.63. The molecule has 2 unspecified atom stereocenters. The quantitative estimate of drug-likeness (QED) is 0.543. The van der Waals surface area contributed by atoms with Gasteiger partial charge < -0.3 is 0 Å². The minimum Gasteiger partial charge on any atom is -0.127 e. The Morgan fingerprint density at radius 3 is 2.80 bits per heavy atom. The van der Waals surface area contributed by atoms with Crippen LogP contribution in [0.5, 0.6) is 0 Å².